The van der Waals surface area contributed by atoms with Crippen LogP contribution in [0.4, 0.5) is 27.8 Å². The lowest BCUT2D eigenvalue weighted by molar-refractivity contribution is 0.332. The molecule has 0 saturated carbocycles. The molecule has 1 aromatic heterocycles. The molecule has 0 fully saturated rings. The number of anilines is 5. The van der Waals surface area contributed by atoms with Gasteiger partial charge in [0.1, 0.15) is 8.07 Å². The zero-order valence-electron chi connectivity index (χ0n) is 38.2. The summed E-state index contributed by atoms with van der Waals surface area (Å²) in [4.78, 5) is 5.51. The van der Waals surface area contributed by atoms with E-state index in [1.807, 2.05) is 11.3 Å². The van der Waals surface area contributed by atoms with Gasteiger partial charge in [-0.15, -0.1) is 11.3 Å². The van der Waals surface area contributed by atoms with Crippen molar-refractivity contribution in [2.45, 2.75) is 90.6 Å². The Balaban J connectivity index is 1.27. The first kappa shape index (κ1) is 39.0. The molecule has 0 radical (unpaired) electrons. The third-order valence-electron chi connectivity index (χ3n) is 15.5. The Bertz CT molecular complexity index is 3210. The van der Waals surface area contributed by atoms with Gasteiger partial charge in [-0.3, -0.25) is 0 Å². The maximum Gasteiger partial charge on any atom is 0.334 e. The zero-order chi connectivity index (χ0) is 43.4. The number of fused-ring (bicyclic) bond motifs is 9. The van der Waals surface area contributed by atoms with E-state index in [9.17, 15) is 0 Å². The number of benzene rings is 7. The highest BCUT2D eigenvalue weighted by molar-refractivity contribution is 7.26. The van der Waals surface area contributed by atoms with E-state index in [1.165, 1.54) is 122 Å². The molecule has 3 aliphatic heterocycles. The van der Waals surface area contributed by atoms with Crippen LogP contribution >= 0.6 is 11.3 Å². The maximum atomic E-state index is 2.81. The zero-order valence-corrected chi connectivity index (χ0v) is 40.0. The fraction of sp³-hybridized carbons (Fsp3) is 0.241. The summed E-state index contributed by atoms with van der Waals surface area (Å²) in [7, 11) is -2.09. The average molecular weight is 851 g/mol. The Morgan fingerprint density at radius 1 is 0.556 bits per heavy atom. The van der Waals surface area contributed by atoms with Gasteiger partial charge in [0, 0.05) is 32.9 Å². The van der Waals surface area contributed by atoms with E-state index in [-0.39, 0.29) is 23.1 Å². The third kappa shape index (κ3) is 5.55. The van der Waals surface area contributed by atoms with E-state index < -0.39 is 8.07 Å². The molecule has 0 bridgehead atoms. The minimum Gasteiger partial charge on any atom is -0.376 e. The molecular weight excluding hydrogens is 796 g/mol. The van der Waals surface area contributed by atoms with Crippen LogP contribution in [0.2, 0.25) is 13.1 Å². The molecular formula is C58H55BN2SSi. The monoisotopic (exact) mass is 850 g/mol. The molecule has 5 heteroatoms. The molecule has 0 amide bonds. The minimum atomic E-state index is -2.09. The summed E-state index contributed by atoms with van der Waals surface area (Å²) < 4.78 is 1.39. The molecule has 1 aliphatic carbocycles. The van der Waals surface area contributed by atoms with Crippen molar-refractivity contribution < 1.29 is 0 Å². The molecule has 4 aliphatic rings. The molecule has 0 unspecified atom stereocenters. The summed E-state index contributed by atoms with van der Waals surface area (Å²) in [5.41, 5.74) is 20.4. The highest BCUT2D eigenvalue weighted by atomic mass is 32.1. The van der Waals surface area contributed by atoms with Crippen molar-refractivity contribution in [2.75, 3.05) is 9.71 Å². The number of nitrogens with zero attached hydrogens (tertiary/aromatic N) is 2. The fourth-order valence-electron chi connectivity index (χ4n) is 11.8. The quantitative estimate of drug-likeness (QED) is 0.163. The third-order valence-corrected chi connectivity index (χ3v) is 20.1. The van der Waals surface area contributed by atoms with E-state index >= 15 is 0 Å². The maximum absolute atomic E-state index is 2.81. The van der Waals surface area contributed by atoms with E-state index in [0.717, 1.165) is 0 Å². The average Bonchev–Trinajstić information content (AvgIpc) is 3.65. The van der Waals surface area contributed by atoms with Gasteiger partial charge in [0.25, 0.3) is 0 Å². The first-order chi connectivity index (χ1) is 30.1. The molecule has 12 rings (SSSR count). The van der Waals surface area contributed by atoms with Crippen LogP contribution in [0.3, 0.4) is 0 Å². The van der Waals surface area contributed by atoms with Crippen LogP contribution in [0.1, 0.15) is 78.0 Å². The molecule has 0 atom stereocenters. The van der Waals surface area contributed by atoms with Crippen molar-refractivity contribution in [2.24, 2.45) is 0 Å². The Morgan fingerprint density at radius 2 is 1.21 bits per heavy atom. The number of hydrogen-bond acceptors (Lipinski definition) is 3. The molecule has 0 N–H and O–H groups in total. The van der Waals surface area contributed by atoms with Crippen LogP contribution in [0.25, 0.3) is 43.5 Å². The number of para-hydroxylation sites is 2. The van der Waals surface area contributed by atoms with Crippen molar-refractivity contribution >= 4 is 85.4 Å². The molecule has 0 spiro atoms. The van der Waals surface area contributed by atoms with Crippen LogP contribution in [0.15, 0.2) is 146 Å². The second kappa shape index (κ2) is 13.2. The first-order valence-electron chi connectivity index (χ1n) is 23.0. The van der Waals surface area contributed by atoms with E-state index in [1.54, 1.807) is 0 Å². The second-order valence-corrected chi connectivity index (χ2v) is 27.0. The van der Waals surface area contributed by atoms with Gasteiger partial charge in [0.15, 0.2) is 0 Å². The Hall–Kier alpha value is -5.62. The highest BCUT2D eigenvalue weighted by Crippen LogP contribution is 2.55. The predicted octanol–water partition coefficient (Wildman–Crippen LogP) is 13.7. The van der Waals surface area contributed by atoms with Gasteiger partial charge in [0.2, 0.25) is 0 Å². The van der Waals surface area contributed by atoms with Crippen molar-refractivity contribution in [1.29, 1.82) is 0 Å². The molecule has 0 saturated heterocycles. The molecule has 310 valence electrons. The van der Waals surface area contributed by atoms with E-state index in [0.29, 0.717) is 0 Å². The molecule has 8 aromatic rings. The summed E-state index contributed by atoms with van der Waals surface area (Å²) in [5, 5.41) is 5.79. The minimum absolute atomic E-state index is 0.0109. The second-order valence-electron chi connectivity index (χ2n) is 21.6. The van der Waals surface area contributed by atoms with Crippen molar-refractivity contribution in [3.63, 3.8) is 0 Å². The van der Waals surface area contributed by atoms with Crippen LogP contribution in [-0.2, 0) is 16.2 Å². The van der Waals surface area contributed by atoms with Gasteiger partial charge in [-0.05, 0) is 137 Å². The van der Waals surface area contributed by atoms with E-state index in [4.69, 9.17) is 0 Å². The molecule has 63 heavy (non-hydrogen) atoms. The van der Waals surface area contributed by atoms with Gasteiger partial charge in [-0.1, -0.05) is 165 Å². The van der Waals surface area contributed by atoms with Crippen molar-refractivity contribution in [3.05, 3.63) is 162 Å². The SMILES string of the molecule is CC(C)(C)c1ccc(N2c3cc(-c4ccccc4)cc4c3B(c3c2sc2cc5c(cc32)C(C)(C)CCC5(C)C)N2c3ccccc3[Si](C)(C)c3cccc-4c32)c(-c2ccccc2)c1. The summed E-state index contributed by atoms with van der Waals surface area (Å²) in [6.07, 6.45) is 2.38. The lowest BCUT2D eigenvalue weighted by atomic mass is 9.43. The molecule has 7 aromatic carbocycles. The topological polar surface area (TPSA) is 6.48 Å². The van der Waals surface area contributed by atoms with Crippen molar-refractivity contribution in [1.82, 2.24) is 0 Å². The van der Waals surface area contributed by atoms with Gasteiger partial charge in [-0.25, -0.2) is 0 Å². The normalized spacial score (nSPS) is 17.1. The van der Waals surface area contributed by atoms with Crippen LogP contribution in [-0.4, -0.2) is 14.9 Å². The summed E-state index contributed by atoms with van der Waals surface area (Å²) in [6.45, 7) is 22.0. The Morgan fingerprint density at radius 3 is 1.92 bits per heavy atom. The lowest BCUT2D eigenvalue weighted by Crippen LogP contribution is -2.68. The van der Waals surface area contributed by atoms with E-state index in [2.05, 4.69) is 217 Å². The number of thiophene rings is 1. The lowest BCUT2D eigenvalue weighted by Gasteiger charge is -2.50. The summed E-state index contributed by atoms with van der Waals surface area (Å²) >= 11 is 2.01. The smallest absolute Gasteiger partial charge is 0.334 e. The van der Waals surface area contributed by atoms with Crippen LogP contribution in [0.5, 0.6) is 0 Å². The standard InChI is InChI=1S/C58H55BN2SSi/c1-56(2,3)39-27-28-46(41(33-39)37-21-14-11-15-22-37)60-48-32-38(36-19-12-10-13-20-36)31-42-40-23-18-26-51-54(40)61(47-24-16-17-25-50(47)63(51,8)9)59(52(42)48)53-43-34-44-45(35-49(43)62-55(53)60)58(6,7)30-29-57(44,4)5/h10-28,31-35H,29-30H2,1-9H3. The molecule has 4 heterocycles. The molecule has 2 nitrogen and oxygen atoms in total. The van der Waals surface area contributed by atoms with Crippen molar-refractivity contribution in [3.8, 4) is 33.4 Å². The largest absolute Gasteiger partial charge is 0.376 e. The summed E-state index contributed by atoms with van der Waals surface area (Å²) in [5.74, 6) is 0. The Kier molecular flexibility index (Phi) is 8.18. The number of rotatable bonds is 3. The van der Waals surface area contributed by atoms with Gasteiger partial charge in [0.05, 0.1) is 10.7 Å². The Labute approximate surface area is 379 Å². The van der Waals surface area contributed by atoms with Gasteiger partial charge in [-0.2, -0.15) is 0 Å². The summed E-state index contributed by atoms with van der Waals surface area (Å²) in [6, 6.07) is 56.5. The van der Waals surface area contributed by atoms with Crippen LogP contribution < -0.4 is 31.0 Å². The fourth-order valence-corrected chi connectivity index (χ4v) is 16.1. The predicted molar refractivity (Wildman–Crippen MR) is 277 cm³/mol. The van der Waals surface area contributed by atoms with Gasteiger partial charge < -0.3 is 9.71 Å². The van der Waals surface area contributed by atoms with Crippen LogP contribution in [0, 0.1) is 0 Å². The first-order valence-corrected chi connectivity index (χ1v) is 26.8. The highest BCUT2D eigenvalue weighted by Gasteiger charge is 2.52. The van der Waals surface area contributed by atoms with Gasteiger partial charge >= 0.3 is 6.85 Å². The number of hydrogen-bond donors (Lipinski definition) is 0.